The van der Waals surface area contributed by atoms with Crippen molar-refractivity contribution < 1.29 is 9.13 Å². The first-order chi connectivity index (χ1) is 5.45. The van der Waals surface area contributed by atoms with Crippen molar-refractivity contribution in [2.75, 3.05) is 6.61 Å². The number of rotatable bonds is 6. The van der Waals surface area contributed by atoms with Gasteiger partial charge in [0, 0.05) is 13.0 Å². The lowest BCUT2D eigenvalue weighted by molar-refractivity contribution is -0.0397. The Labute approximate surface area is 83.6 Å². The van der Waals surface area contributed by atoms with Gasteiger partial charge in [0.2, 0.25) is 6.69 Å². The summed E-state index contributed by atoms with van der Waals surface area (Å²) >= 11 is 11.6. The van der Waals surface area contributed by atoms with Crippen LogP contribution in [0, 0.1) is 0 Å². The third-order valence-electron chi connectivity index (χ3n) is 1.31. The van der Waals surface area contributed by atoms with Crippen molar-refractivity contribution in [1.29, 1.82) is 0 Å². The van der Waals surface area contributed by atoms with E-state index in [4.69, 9.17) is 26.9 Å². The second-order valence-electron chi connectivity index (χ2n) is 2.89. The Morgan fingerprint density at radius 2 is 2.08 bits per heavy atom. The smallest absolute Gasteiger partial charge is 0.248 e. The van der Waals surface area contributed by atoms with E-state index < -0.39 is 13.1 Å². The van der Waals surface area contributed by atoms with E-state index in [1.807, 2.05) is 6.92 Å². The van der Waals surface area contributed by atoms with Crippen LogP contribution in [0.4, 0.5) is 4.39 Å². The summed E-state index contributed by atoms with van der Waals surface area (Å²) in [4.78, 5) is 0. The highest BCUT2D eigenvalue weighted by Gasteiger charge is 2.22. The predicted octanol–water partition coefficient (Wildman–Crippen LogP) is 3.65. The molecule has 0 aromatic heterocycles. The van der Waals surface area contributed by atoms with Crippen LogP contribution in [-0.2, 0) is 4.74 Å². The largest absolute Gasteiger partial charge is 0.348 e. The maximum absolute atomic E-state index is 12.8. The van der Waals surface area contributed by atoms with E-state index in [1.165, 1.54) is 0 Å². The van der Waals surface area contributed by atoms with Crippen LogP contribution in [0.15, 0.2) is 0 Å². The topological polar surface area (TPSA) is 9.23 Å². The van der Waals surface area contributed by atoms with Crippen molar-refractivity contribution in [2.45, 2.75) is 38.7 Å². The second-order valence-corrected chi connectivity index (χ2v) is 11.1. The van der Waals surface area contributed by atoms with Gasteiger partial charge in [-0.3, -0.25) is 0 Å². The lowest BCUT2D eigenvalue weighted by Crippen LogP contribution is -2.16. The van der Waals surface area contributed by atoms with Gasteiger partial charge in [-0.1, -0.05) is 6.92 Å². The molecule has 1 unspecified atom stereocenters. The predicted molar refractivity (Wildman–Crippen MR) is 53.9 cm³/mol. The van der Waals surface area contributed by atoms with E-state index >= 15 is 0 Å². The Balaban J connectivity index is 3.37. The molecule has 0 saturated carbocycles. The number of alkyl halides is 1. The van der Waals surface area contributed by atoms with Gasteiger partial charge in [0.05, 0.1) is 0 Å². The third kappa shape index (κ3) is 8.78. The molecule has 5 heteroatoms. The minimum absolute atomic E-state index is 0.315. The van der Waals surface area contributed by atoms with Crippen molar-refractivity contribution in [3.8, 4) is 0 Å². The molecule has 0 spiro atoms. The molecule has 0 radical (unpaired) electrons. The fourth-order valence-electron chi connectivity index (χ4n) is 0.696. The van der Waals surface area contributed by atoms with Crippen molar-refractivity contribution in [2.24, 2.45) is 0 Å². The summed E-state index contributed by atoms with van der Waals surface area (Å²) in [6.07, 6.45) is -0.0543. The summed E-state index contributed by atoms with van der Waals surface area (Å²) in [6.45, 7) is 2.05. The van der Waals surface area contributed by atoms with Gasteiger partial charge in [-0.15, -0.1) is 22.2 Å². The molecule has 0 aromatic rings. The first kappa shape index (κ1) is 12.7. The molecule has 0 fully saturated rings. The molecule has 0 aliphatic rings. The maximum Gasteiger partial charge on any atom is 0.248 e. The summed E-state index contributed by atoms with van der Waals surface area (Å²) in [7, 11) is 0. The van der Waals surface area contributed by atoms with Crippen molar-refractivity contribution >= 4 is 28.9 Å². The summed E-state index contributed by atoms with van der Waals surface area (Å²) in [5.74, 6) is 0. The van der Waals surface area contributed by atoms with E-state index in [-0.39, 0.29) is 0 Å². The Kier molecular flexibility index (Phi) is 6.54. The molecular weight excluding hydrogens is 218 g/mol. The van der Waals surface area contributed by atoms with E-state index in [0.717, 1.165) is 6.42 Å². The molecule has 0 aromatic carbocycles. The highest BCUT2D eigenvalue weighted by atomic mass is 35.7. The van der Waals surface area contributed by atoms with E-state index in [1.54, 1.807) is 6.55 Å². The van der Waals surface area contributed by atoms with Gasteiger partial charge in [-0.2, -0.15) is 0 Å². The maximum atomic E-state index is 12.8. The SMILES string of the molecule is CCCOC(F)CC[Si](C)(Cl)Cl. The van der Waals surface area contributed by atoms with Gasteiger partial charge >= 0.3 is 0 Å². The average molecular weight is 233 g/mol. The van der Waals surface area contributed by atoms with Crippen molar-refractivity contribution in [3.05, 3.63) is 0 Å². The number of ether oxygens (including phenoxy) is 1. The van der Waals surface area contributed by atoms with Crippen molar-refractivity contribution in [1.82, 2.24) is 0 Å². The summed E-state index contributed by atoms with van der Waals surface area (Å²) in [6, 6.07) is 0.543. The van der Waals surface area contributed by atoms with E-state index in [0.29, 0.717) is 19.1 Å². The average Bonchev–Trinajstić information content (AvgIpc) is 1.95. The zero-order valence-corrected chi connectivity index (χ0v) is 9.96. The summed E-state index contributed by atoms with van der Waals surface area (Å²) < 4.78 is 17.6. The molecule has 12 heavy (non-hydrogen) atoms. The van der Waals surface area contributed by atoms with Gasteiger partial charge in [-0.05, 0) is 19.0 Å². The van der Waals surface area contributed by atoms with Crippen LogP contribution in [0.1, 0.15) is 19.8 Å². The molecular formula is C7H15Cl2FOSi. The van der Waals surface area contributed by atoms with Crippen LogP contribution < -0.4 is 0 Å². The fraction of sp³-hybridized carbons (Fsp3) is 1.00. The second kappa shape index (κ2) is 6.19. The summed E-state index contributed by atoms with van der Waals surface area (Å²) in [5.41, 5.74) is 0. The third-order valence-corrected chi connectivity index (χ3v) is 3.61. The molecule has 1 nitrogen and oxygen atoms in total. The minimum atomic E-state index is -2.13. The zero-order valence-electron chi connectivity index (χ0n) is 7.45. The van der Waals surface area contributed by atoms with Gasteiger partial charge in [-0.25, -0.2) is 4.39 Å². The Hall–Kier alpha value is 0.687. The normalized spacial score (nSPS) is 14.8. The van der Waals surface area contributed by atoms with Crippen LogP contribution in [0.5, 0.6) is 0 Å². The Morgan fingerprint density at radius 3 is 2.50 bits per heavy atom. The zero-order chi connectivity index (χ0) is 9.61. The van der Waals surface area contributed by atoms with Gasteiger partial charge in [0.1, 0.15) is 0 Å². The molecule has 1 atom stereocenters. The van der Waals surface area contributed by atoms with Gasteiger partial charge < -0.3 is 4.74 Å². The molecule has 0 heterocycles. The molecule has 0 aliphatic heterocycles. The monoisotopic (exact) mass is 232 g/mol. The summed E-state index contributed by atoms with van der Waals surface area (Å²) in [5, 5.41) is 0. The molecule has 0 aliphatic carbocycles. The van der Waals surface area contributed by atoms with Crippen LogP contribution in [0.3, 0.4) is 0 Å². The van der Waals surface area contributed by atoms with Crippen LogP contribution in [0.2, 0.25) is 12.6 Å². The first-order valence-electron chi connectivity index (χ1n) is 4.09. The van der Waals surface area contributed by atoms with Gasteiger partial charge in [0.25, 0.3) is 0 Å². The molecule has 74 valence electrons. The van der Waals surface area contributed by atoms with Crippen LogP contribution >= 0.6 is 22.2 Å². The van der Waals surface area contributed by atoms with Gasteiger partial charge in [0.15, 0.2) is 6.36 Å². The quantitative estimate of drug-likeness (QED) is 0.502. The van der Waals surface area contributed by atoms with E-state index in [9.17, 15) is 4.39 Å². The molecule has 0 N–H and O–H groups in total. The van der Waals surface area contributed by atoms with E-state index in [2.05, 4.69) is 0 Å². The minimum Gasteiger partial charge on any atom is -0.348 e. The number of halogens is 3. The lowest BCUT2D eigenvalue weighted by atomic mass is 10.5. The Morgan fingerprint density at radius 1 is 1.50 bits per heavy atom. The van der Waals surface area contributed by atoms with Crippen LogP contribution in [0.25, 0.3) is 0 Å². The highest BCUT2D eigenvalue weighted by Crippen LogP contribution is 2.23. The lowest BCUT2D eigenvalue weighted by Gasteiger charge is -2.12. The number of hydrogen-bond acceptors (Lipinski definition) is 1. The standard InChI is InChI=1S/C7H15Cl2FOSi/c1-3-5-11-7(10)4-6-12(2,8)9/h7H,3-6H2,1-2H3. The van der Waals surface area contributed by atoms with Crippen LogP contribution in [-0.4, -0.2) is 19.7 Å². The first-order valence-corrected chi connectivity index (χ1v) is 8.82. The molecule has 0 saturated heterocycles. The Bertz CT molecular complexity index is 118. The number of hydrogen-bond donors (Lipinski definition) is 0. The fourth-order valence-corrected chi connectivity index (χ4v) is 2.08. The molecule has 0 rings (SSSR count). The highest BCUT2D eigenvalue weighted by molar-refractivity contribution is 7.44. The van der Waals surface area contributed by atoms with Crippen molar-refractivity contribution in [3.63, 3.8) is 0 Å². The molecule has 0 bridgehead atoms. The molecule has 0 amide bonds.